The Morgan fingerprint density at radius 3 is 1.27 bits per heavy atom. The molecule has 0 fully saturated rings. The van der Waals surface area contributed by atoms with Gasteiger partial charge in [0, 0.05) is 13.3 Å². The summed E-state index contributed by atoms with van der Waals surface area (Å²) in [6, 6.07) is 0. The minimum absolute atomic E-state index is 0.333. The van der Waals surface area contributed by atoms with E-state index in [1.807, 2.05) is 0 Å². The zero-order chi connectivity index (χ0) is 17.1. The fraction of sp³-hybridized carbons (Fsp3) is 0.889. The van der Waals surface area contributed by atoms with Gasteiger partial charge in [-0.3, -0.25) is 9.59 Å². The summed E-state index contributed by atoms with van der Waals surface area (Å²) in [5.74, 6) is -0.988. The van der Waals surface area contributed by atoms with Crippen LogP contribution in [-0.2, 0) is 9.59 Å². The van der Waals surface area contributed by atoms with Crippen molar-refractivity contribution in [1.29, 1.82) is 0 Å². The average Bonchev–Trinajstić information content (AvgIpc) is 2.43. The van der Waals surface area contributed by atoms with Crippen LogP contribution in [0.2, 0.25) is 0 Å². The van der Waals surface area contributed by atoms with Crippen molar-refractivity contribution < 1.29 is 14.7 Å². The largest absolute Gasteiger partial charge is 0.481 e. The van der Waals surface area contributed by atoms with Gasteiger partial charge in [0.15, 0.2) is 0 Å². The van der Waals surface area contributed by atoms with Crippen LogP contribution in [0.1, 0.15) is 104 Å². The SMILES string of the molecule is CC(N)=O.CCCCCCCCCCCCCCCC(=O)O. The van der Waals surface area contributed by atoms with Crippen molar-refractivity contribution in [2.75, 3.05) is 0 Å². The van der Waals surface area contributed by atoms with Crippen molar-refractivity contribution in [3.05, 3.63) is 0 Å². The van der Waals surface area contributed by atoms with Gasteiger partial charge in [0.25, 0.3) is 0 Å². The van der Waals surface area contributed by atoms with E-state index >= 15 is 0 Å². The maximum atomic E-state index is 10.3. The molecule has 0 bridgehead atoms. The molecule has 0 aliphatic heterocycles. The Morgan fingerprint density at radius 1 is 0.727 bits per heavy atom. The van der Waals surface area contributed by atoms with Crippen molar-refractivity contribution in [3.63, 3.8) is 0 Å². The van der Waals surface area contributed by atoms with Gasteiger partial charge in [0.05, 0.1) is 0 Å². The van der Waals surface area contributed by atoms with Gasteiger partial charge < -0.3 is 10.8 Å². The maximum absolute atomic E-state index is 10.3. The van der Waals surface area contributed by atoms with Crippen LogP contribution in [0.5, 0.6) is 0 Å². The predicted molar refractivity (Wildman–Crippen MR) is 92.8 cm³/mol. The lowest BCUT2D eigenvalue weighted by Crippen LogP contribution is -2.01. The number of nitrogens with two attached hydrogens (primary N) is 1. The fourth-order valence-corrected chi connectivity index (χ4v) is 2.29. The summed E-state index contributed by atoms with van der Waals surface area (Å²) < 4.78 is 0. The predicted octanol–water partition coefficient (Wildman–Crippen LogP) is 5.04. The van der Waals surface area contributed by atoms with Crippen LogP contribution in [0, 0.1) is 0 Å². The highest BCUT2D eigenvalue weighted by Gasteiger charge is 1.96. The average molecular weight is 315 g/mol. The summed E-state index contributed by atoms with van der Waals surface area (Å²) >= 11 is 0. The Labute approximate surface area is 136 Å². The lowest BCUT2D eigenvalue weighted by molar-refractivity contribution is -0.137. The summed E-state index contributed by atoms with van der Waals surface area (Å²) in [4.78, 5) is 19.5. The molecule has 0 aromatic rings. The summed E-state index contributed by atoms with van der Waals surface area (Å²) in [6.45, 7) is 3.57. The highest BCUT2D eigenvalue weighted by Crippen LogP contribution is 2.12. The summed E-state index contributed by atoms with van der Waals surface area (Å²) in [6.07, 6.45) is 17.3. The Kier molecular flexibility index (Phi) is 21.0. The second-order valence-electron chi connectivity index (χ2n) is 6.00. The second-order valence-corrected chi connectivity index (χ2v) is 6.00. The molecule has 0 rings (SSSR count). The van der Waals surface area contributed by atoms with E-state index in [2.05, 4.69) is 12.7 Å². The van der Waals surface area contributed by atoms with Crippen LogP contribution in [0.3, 0.4) is 0 Å². The van der Waals surface area contributed by atoms with E-state index in [0.29, 0.717) is 6.42 Å². The Bertz CT molecular complexity index is 251. The first-order valence-corrected chi connectivity index (χ1v) is 8.98. The Morgan fingerprint density at radius 2 is 1.00 bits per heavy atom. The number of hydrogen-bond acceptors (Lipinski definition) is 2. The van der Waals surface area contributed by atoms with Gasteiger partial charge >= 0.3 is 5.97 Å². The maximum Gasteiger partial charge on any atom is 0.303 e. The number of carboxylic acids is 1. The third kappa shape index (κ3) is 31.4. The van der Waals surface area contributed by atoms with Crippen molar-refractivity contribution in [1.82, 2.24) is 0 Å². The van der Waals surface area contributed by atoms with Crippen LogP contribution in [0.15, 0.2) is 0 Å². The minimum Gasteiger partial charge on any atom is -0.481 e. The quantitative estimate of drug-likeness (QED) is 0.440. The molecule has 3 N–H and O–H groups in total. The monoisotopic (exact) mass is 315 g/mol. The summed E-state index contributed by atoms with van der Waals surface area (Å²) in [5.41, 5.74) is 4.47. The number of carbonyl (C=O) groups excluding carboxylic acids is 1. The van der Waals surface area contributed by atoms with Gasteiger partial charge in [-0.1, -0.05) is 84.0 Å². The first kappa shape index (κ1) is 23.2. The van der Waals surface area contributed by atoms with Crippen molar-refractivity contribution in [2.24, 2.45) is 5.73 Å². The van der Waals surface area contributed by atoms with Crippen LogP contribution >= 0.6 is 0 Å². The first-order chi connectivity index (χ1) is 10.5. The molecule has 0 aromatic carbocycles. The molecule has 0 radical (unpaired) electrons. The van der Waals surface area contributed by atoms with Crippen LogP contribution in [0.25, 0.3) is 0 Å². The van der Waals surface area contributed by atoms with Crippen LogP contribution in [0.4, 0.5) is 0 Å². The van der Waals surface area contributed by atoms with Crippen molar-refractivity contribution in [2.45, 2.75) is 104 Å². The molecule has 0 atom stereocenters. The molecule has 0 aromatic heterocycles. The number of rotatable bonds is 14. The van der Waals surface area contributed by atoms with E-state index in [1.165, 1.54) is 77.6 Å². The zero-order valence-electron chi connectivity index (χ0n) is 14.7. The molecule has 22 heavy (non-hydrogen) atoms. The molecule has 132 valence electrons. The third-order valence-electron chi connectivity index (χ3n) is 3.49. The second kappa shape index (κ2) is 19.9. The smallest absolute Gasteiger partial charge is 0.303 e. The highest BCUT2D eigenvalue weighted by atomic mass is 16.4. The first-order valence-electron chi connectivity index (χ1n) is 8.98. The molecular formula is C18H37NO3. The van der Waals surface area contributed by atoms with Crippen LogP contribution < -0.4 is 5.73 Å². The molecule has 0 aliphatic carbocycles. The third-order valence-corrected chi connectivity index (χ3v) is 3.49. The molecular weight excluding hydrogens is 278 g/mol. The van der Waals surface area contributed by atoms with Gasteiger partial charge in [0.1, 0.15) is 0 Å². The molecule has 0 aliphatic rings. The number of hydrogen-bond donors (Lipinski definition) is 2. The topological polar surface area (TPSA) is 80.4 Å². The Balaban J connectivity index is 0. The molecule has 0 saturated carbocycles. The number of primary amides is 1. The highest BCUT2D eigenvalue weighted by molar-refractivity contribution is 5.70. The van der Waals surface area contributed by atoms with Gasteiger partial charge in [-0.2, -0.15) is 0 Å². The molecule has 1 amide bonds. The van der Waals surface area contributed by atoms with Crippen molar-refractivity contribution in [3.8, 4) is 0 Å². The van der Waals surface area contributed by atoms with Gasteiger partial charge in [-0.05, 0) is 6.42 Å². The van der Waals surface area contributed by atoms with E-state index in [-0.39, 0.29) is 5.91 Å². The van der Waals surface area contributed by atoms with Crippen molar-refractivity contribution >= 4 is 11.9 Å². The normalized spacial score (nSPS) is 9.91. The molecule has 0 unspecified atom stereocenters. The number of carboxylic acid groups (broad SMARTS) is 1. The number of carbonyl (C=O) groups is 2. The Hall–Kier alpha value is -1.06. The number of unbranched alkanes of at least 4 members (excludes halogenated alkanes) is 12. The minimum atomic E-state index is -0.655. The van der Waals surface area contributed by atoms with Gasteiger partial charge in [-0.15, -0.1) is 0 Å². The van der Waals surface area contributed by atoms with Gasteiger partial charge in [-0.25, -0.2) is 0 Å². The molecule has 4 nitrogen and oxygen atoms in total. The summed E-state index contributed by atoms with van der Waals surface area (Å²) in [5, 5.41) is 8.49. The molecule has 0 heterocycles. The van der Waals surface area contributed by atoms with E-state index in [9.17, 15) is 9.59 Å². The fourth-order valence-electron chi connectivity index (χ4n) is 2.29. The van der Waals surface area contributed by atoms with Crippen LogP contribution in [-0.4, -0.2) is 17.0 Å². The zero-order valence-corrected chi connectivity index (χ0v) is 14.7. The van der Waals surface area contributed by atoms with E-state index < -0.39 is 5.97 Å². The molecule has 4 heteroatoms. The van der Waals surface area contributed by atoms with E-state index in [4.69, 9.17) is 5.11 Å². The summed E-state index contributed by atoms with van der Waals surface area (Å²) in [7, 11) is 0. The standard InChI is InChI=1S/C16H32O2.C2H5NO/c1-2-3-4-5-6-7-8-9-10-11-12-13-14-15-16(17)18;1-2(3)4/h2-15H2,1H3,(H,17,18);1H3,(H2,3,4). The van der Waals surface area contributed by atoms with E-state index in [1.54, 1.807) is 0 Å². The van der Waals surface area contributed by atoms with E-state index in [0.717, 1.165) is 12.8 Å². The molecule has 0 spiro atoms. The number of aliphatic carboxylic acids is 1. The molecule has 0 saturated heterocycles. The number of amides is 1. The van der Waals surface area contributed by atoms with Gasteiger partial charge in [0.2, 0.25) is 5.91 Å². The lowest BCUT2D eigenvalue weighted by atomic mass is 10.0. The lowest BCUT2D eigenvalue weighted by Gasteiger charge is -2.02.